The van der Waals surface area contributed by atoms with Crippen molar-refractivity contribution in [2.45, 2.75) is 46.3 Å². The Morgan fingerprint density at radius 1 is 1.44 bits per heavy atom. The van der Waals surface area contributed by atoms with E-state index in [9.17, 15) is 0 Å². The van der Waals surface area contributed by atoms with Gasteiger partial charge in [-0.1, -0.05) is 20.8 Å². The summed E-state index contributed by atoms with van der Waals surface area (Å²) in [7, 11) is 0. The smallest absolute Gasteiger partial charge is 0.0980 e. The van der Waals surface area contributed by atoms with Gasteiger partial charge in [0, 0.05) is 12.6 Å². The van der Waals surface area contributed by atoms with Crippen LogP contribution in [0.2, 0.25) is 0 Å². The minimum atomic E-state index is 0.0357. The summed E-state index contributed by atoms with van der Waals surface area (Å²) in [6, 6.07) is 2.13. The predicted octanol–water partition coefficient (Wildman–Crippen LogP) is 3.59. The van der Waals surface area contributed by atoms with Gasteiger partial charge in [-0.05, 0) is 41.1 Å². The zero-order valence-corrected chi connectivity index (χ0v) is 11.5. The van der Waals surface area contributed by atoms with Gasteiger partial charge in [-0.15, -0.1) is 0 Å². The van der Waals surface area contributed by atoms with Gasteiger partial charge in [0.15, 0.2) is 0 Å². The van der Waals surface area contributed by atoms with Crippen molar-refractivity contribution >= 4 is 11.3 Å². The molecule has 2 nitrogen and oxygen atoms in total. The van der Waals surface area contributed by atoms with E-state index in [2.05, 4.69) is 37.6 Å². The minimum absolute atomic E-state index is 0.0357. The van der Waals surface area contributed by atoms with Crippen molar-refractivity contribution in [3.8, 4) is 0 Å². The molecule has 1 heterocycles. The molecule has 0 radical (unpaired) electrons. The van der Waals surface area contributed by atoms with Crippen LogP contribution >= 0.6 is 11.3 Å². The topological polar surface area (TPSA) is 35.2 Å². The zero-order valence-electron chi connectivity index (χ0n) is 10.7. The molecule has 0 aliphatic heterocycles. The fraction of sp³-hybridized carbons (Fsp3) is 0.692. The van der Waals surface area contributed by atoms with Gasteiger partial charge in [0.25, 0.3) is 0 Å². The molecule has 0 aliphatic carbocycles. The predicted molar refractivity (Wildman–Crippen MR) is 70.7 cm³/mol. The SMILES string of the molecule is CC(N)C(OCCC(C)(C)C)c1ccsc1. The third-order valence-corrected chi connectivity index (χ3v) is 3.20. The summed E-state index contributed by atoms with van der Waals surface area (Å²) >= 11 is 1.69. The summed E-state index contributed by atoms with van der Waals surface area (Å²) in [6.07, 6.45) is 1.09. The molecule has 0 aromatic carbocycles. The summed E-state index contributed by atoms with van der Waals surface area (Å²) in [6.45, 7) is 9.44. The van der Waals surface area contributed by atoms with E-state index < -0.39 is 0 Å². The molecular weight excluding hydrogens is 218 g/mol. The molecule has 2 N–H and O–H groups in total. The number of nitrogens with two attached hydrogens (primary N) is 1. The van der Waals surface area contributed by atoms with Crippen molar-refractivity contribution in [2.75, 3.05) is 6.61 Å². The Labute approximate surface area is 103 Å². The highest BCUT2D eigenvalue weighted by molar-refractivity contribution is 7.07. The first-order chi connectivity index (χ1) is 7.40. The van der Waals surface area contributed by atoms with E-state index in [0.29, 0.717) is 5.41 Å². The second-order valence-electron chi connectivity index (χ2n) is 5.52. The highest BCUT2D eigenvalue weighted by Crippen LogP contribution is 2.25. The normalized spacial score (nSPS) is 16.1. The van der Waals surface area contributed by atoms with Gasteiger partial charge in [-0.2, -0.15) is 11.3 Å². The van der Waals surface area contributed by atoms with Crippen LogP contribution in [0.1, 0.15) is 45.8 Å². The Morgan fingerprint density at radius 2 is 2.12 bits per heavy atom. The van der Waals surface area contributed by atoms with E-state index in [1.54, 1.807) is 11.3 Å². The average Bonchev–Trinajstić information content (AvgIpc) is 2.62. The lowest BCUT2D eigenvalue weighted by Gasteiger charge is -2.24. The van der Waals surface area contributed by atoms with Crippen LogP contribution in [-0.2, 0) is 4.74 Å². The summed E-state index contributed by atoms with van der Waals surface area (Å²) in [4.78, 5) is 0. The minimum Gasteiger partial charge on any atom is -0.372 e. The fourth-order valence-electron chi connectivity index (χ4n) is 1.48. The molecule has 3 heteroatoms. The Kier molecular flexibility index (Phi) is 4.96. The van der Waals surface area contributed by atoms with Crippen LogP contribution in [-0.4, -0.2) is 12.6 Å². The van der Waals surface area contributed by atoms with E-state index >= 15 is 0 Å². The molecule has 0 fully saturated rings. The molecule has 1 rings (SSSR count). The molecular formula is C13H23NOS. The van der Waals surface area contributed by atoms with Crippen molar-refractivity contribution in [1.82, 2.24) is 0 Å². The molecule has 2 atom stereocenters. The standard InChI is InChI=1S/C13H23NOS/c1-10(14)12(11-5-8-16-9-11)15-7-6-13(2,3)4/h5,8-10,12H,6-7,14H2,1-4H3. The molecule has 1 aromatic rings. The molecule has 0 saturated heterocycles. The third-order valence-electron chi connectivity index (χ3n) is 2.50. The molecule has 0 spiro atoms. The van der Waals surface area contributed by atoms with Crippen LogP contribution in [0.3, 0.4) is 0 Å². The second kappa shape index (κ2) is 5.80. The van der Waals surface area contributed by atoms with Gasteiger partial charge >= 0.3 is 0 Å². The number of hydrogen-bond acceptors (Lipinski definition) is 3. The van der Waals surface area contributed by atoms with Crippen LogP contribution in [0.5, 0.6) is 0 Å². The lowest BCUT2D eigenvalue weighted by molar-refractivity contribution is 0.0244. The van der Waals surface area contributed by atoms with Crippen molar-refractivity contribution in [1.29, 1.82) is 0 Å². The van der Waals surface area contributed by atoms with Gasteiger partial charge < -0.3 is 10.5 Å². The van der Waals surface area contributed by atoms with Crippen molar-refractivity contribution < 1.29 is 4.74 Å². The van der Waals surface area contributed by atoms with E-state index in [0.717, 1.165) is 13.0 Å². The van der Waals surface area contributed by atoms with Crippen molar-refractivity contribution in [3.05, 3.63) is 22.4 Å². The number of thiophene rings is 1. The van der Waals surface area contributed by atoms with Crippen LogP contribution in [0.4, 0.5) is 0 Å². The zero-order chi connectivity index (χ0) is 12.2. The van der Waals surface area contributed by atoms with Gasteiger partial charge in [-0.3, -0.25) is 0 Å². The molecule has 92 valence electrons. The number of hydrogen-bond donors (Lipinski definition) is 1. The van der Waals surface area contributed by atoms with Crippen LogP contribution in [0.15, 0.2) is 16.8 Å². The molecule has 2 unspecified atom stereocenters. The molecule has 1 aromatic heterocycles. The van der Waals surface area contributed by atoms with E-state index in [4.69, 9.17) is 10.5 Å². The average molecular weight is 241 g/mol. The Balaban J connectivity index is 2.48. The maximum absolute atomic E-state index is 5.96. The maximum atomic E-state index is 5.96. The van der Waals surface area contributed by atoms with Gasteiger partial charge in [0.1, 0.15) is 0 Å². The molecule has 0 saturated carbocycles. The Bertz CT molecular complexity index is 287. The van der Waals surface area contributed by atoms with Crippen LogP contribution in [0.25, 0.3) is 0 Å². The highest BCUT2D eigenvalue weighted by atomic mass is 32.1. The maximum Gasteiger partial charge on any atom is 0.0980 e. The van der Waals surface area contributed by atoms with Crippen LogP contribution < -0.4 is 5.73 Å². The molecule has 16 heavy (non-hydrogen) atoms. The first kappa shape index (κ1) is 13.7. The summed E-state index contributed by atoms with van der Waals surface area (Å²) in [5.41, 5.74) is 7.48. The lowest BCUT2D eigenvalue weighted by Crippen LogP contribution is -2.27. The number of ether oxygens (including phenoxy) is 1. The molecule has 0 amide bonds. The summed E-state index contributed by atoms with van der Waals surface area (Å²) in [5.74, 6) is 0. The van der Waals surface area contributed by atoms with Gasteiger partial charge in [0.05, 0.1) is 6.10 Å². The van der Waals surface area contributed by atoms with Crippen molar-refractivity contribution in [2.24, 2.45) is 11.1 Å². The Hall–Kier alpha value is -0.380. The van der Waals surface area contributed by atoms with Gasteiger partial charge in [0.2, 0.25) is 0 Å². The second-order valence-corrected chi connectivity index (χ2v) is 6.30. The Morgan fingerprint density at radius 3 is 2.56 bits per heavy atom. The molecule has 0 bridgehead atoms. The van der Waals surface area contributed by atoms with E-state index in [-0.39, 0.29) is 12.1 Å². The van der Waals surface area contributed by atoms with E-state index in [1.807, 2.05) is 6.92 Å². The largest absolute Gasteiger partial charge is 0.372 e. The molecule has 0 aliphatic rings. The quantitative estimate of drug-likeness (QED) is 0.855. The lowest BCUT2D eigenvalue weighted by atomic mass is 9.93. The highest BCUT2D eigenvalue weighted by Gasteiger charge is 2.18. The van der Waals surface area contributed by atoms with Crippen molar-refractivity contribution in [3.63, 3.8) is 0 Å². The third kappa shape index (κ3) is 4.64. The first-order valence-electron chi connectivity index (χ1n) is 5.79. The summed E-state index contributed by atoms with van der Waals surface area (Å²) in [5, 5.41) is 4.18. The van der Waals surface area contributed by atoms with Gasteiger partial charge in [-0.25, -0.2) is 0 Å². The monoisotopic (exact) mass is 241 g/mol. The summed E-state index contributed by atoms with van der Waals surface area (Å²) < 4.78 is 5.91. The van der Waals surface area contributed by atoms with Crippen LogP contribution in [0, 0.1) is 5.41 Å². The number of rotatable bonds is 5. The fourth-order valence-corrected chi connectivity index (χ4v) is 2.16. The first-order valence-corrected chi connectivity index (χ1v) is 6.74. The van der Waals surface area contributed by atoms with E-state index in [1.165, 1.54) is 5.56 Å².